The van der Waals surface area contributed by atoms with Crippen LogP contribution >= 0.6 is 0 Å². The number of hydrogen-bond donors (Lipinski definition) is 0. The minimum absolute atomic E-state index is 0.122. The molecule has 1 aromatic carbocycles. The van der Waals surface area contributed by atoms with Crippen LogP contribution in [0.2, 0.25) is 0 Å². The molecule has 0 aliphatic heterocycles. The average Bonchev–Trinajstić information content (AvgIpc) is 2.15. The van der Waals surface area contributed by atoms with Crippen molar-refractivity contribution < 1.29 is 18.3 Å². The maximum Gasteiger partial charge on any atom is 0.274 e. The fraction of sp³-hybridized carbons (Fsp3) is 0.455. The second-order valence-electron chi connectivity index (χ2n) is 3.36. The molecule has 0 spiro atoms. The molecule has 0 aromatic heterocycles. The summed E-state index contributed by atoms with van der Waals surface area (Å²) in [6.45, 7) is 2.53. The minimum atomic E-state index is -2.91. The first kappa shape index (κ1) is 11.8. The molecule has 1 rings (SSSR count). The molecule has 0 aliphatic rings. The summed E-state index contributed by atoms with van der Waals surface area (Å²) in [5.41, 5.74) is 0.460. The van der Waals surface area contributed by atoms with Crippen LogP contribution in [-0.4, -0.2) is 14.2 Å². The molecule has 0 bridgehead atoms. The zero-order valence-corrected chi connectivity index (χ0v) is 9.23. The van der Waals surface area contributed by atoms with Crippen LogP contribution in [0, 0.1) is 6.92 Å². The summed E-state index contributed by atoms with van der Waals surface area (Å²) in [7, 11) is 2.86. The van der Waals surface area contributed by atoms with Gasteiger partial charge in [0.1, 0.15) is 11.5 Å². The van der Waals surface area contributed by atoms with Crippen molar-refractivity contribution in [2.24, 2.45) is 0 Å². The molecular formula is C11H14F2O2. The van der Waals surface area contributed by atoms with Gasteiger partial charge in [-0.1, -0.05) is 0 Å². The minimum Gasteiger partial charge on any atom is -0.496 e. The van der Waals surface area contributed by atoms with E-state index in [4.69, 9.17) is 9.47 Å². The monoisotopic (exact) mass is 216 g/mol. The summed E-state index contributed by atoms with van der Waals surface area (Å²) >= 11 is 0. The van der Waals surface area contributed by atoms with Crippen LogP contribution in [0.1, 0.15) is 18.1 Å². The topological polar surface area (TPSA) is 18.5 Å². The Morgan fingerprint density at radius 2 is 1.73 bits per heavy atom. The number of halogens is 2. The Hall–Kier alpha value is -1.32. The van der Waals surface area contributed by atoms with Gasteiger partial charge in [0.25, 0.3) is 5.92 Å². The zero-order valence-electron chi connectivity index (χ0n) is 9.23. The van der Waals surface area contributed by atoms with E-state index < -0.39 is 5.92 Å². The van der Waals surface area contributed by atoms with Crippen LogP contribution in [0.5, 0.6) is 11.5 Å². The van der Waals surface area contributed by atoms with Crippen LogP contribution in [0.25, 0.3) is 0 Å². The third-order valence-electron chi connectivity index (χ3n) is 2.25. The largest absolute Gasteiger partial charge is 0.496 e. The highest BCUT2D eigenvalue weighted by molar-refractivity contribution is 5.50. The van der Waals surface area contributed by atoms with Crippen LogP contribution in [0.15, 0.2) is 12.1 Å². The van der Waals surface area contributed by atoms with Gasteiger partial charge in [0.2, 0.25) is 0 Å². The molecule has 4 heteroatoms. The standard InChI is InChI=1S/C11H14F2O2/c1-7-9(14-3)6-5-8(10(7)15-4)11(2,12)13/h5-6H,1-4H3. The lowest BCUT2D eigenvalue weighted by Crippen LogP contribution is -2.10. The Morgan fingerprint density at radius 3 is 2.13 bits per heavy atom. The van der Waals surface area contributed by atoms with Gasteiger partial charge < -0.3 is 9.47 Å². The van der Waals surface area contributed by atoms with Crippen LogP contribution in [0.3, 0.4) is 0 Å². The predicted molar refractivity (Wildman–Crippen MR) is 53.9 cm³/mol. The molecule has 0 amide bonds. The lowest BCUT2D eigenvalue weighted by molar-refractivity contribution is 0.0149. The van der Waals surface area contributed by atoms with Gasteiger partial charge in [-0.3, -0.25) is 0 Å². The summed E-state index contributed by atoms with van der Waals surface area (Å²) in [5, 5.41) is 0. The van der Waals surface area contributed by atoms with Gasteiger partial charge in [-0.25, -0.2) is 8.78 Å². The number of ether oxygens (including phenoxy) is 2. The molecule has 0 saturated heterocycles. The first-order valence-corrected chi connectivity index (χ1v) is 4.51. The fourth-order valence-corrected chi connectivity index (χ4v) is 1.50. The SMILES string of the molecule is COc1ccc(C(C)(F)F)c(OC)c1C. The zero-order chi connectivity index (χ0) is 11.6. The average molecular weight is 216 g/mol. The molecule has 0 aliphatic carbocycles. The molecule has 0 unspecified atom stereocenters. The summed E-state index contributed by atoms with van der Waals surface area (Å²) in [4.78, 5) is 0. The molecule has 0 radical (unpaired) electrons. The second-order valence-corrected chi connectivity index (χ2v) is 3.36. The van der Waals surface area contributed by atoms with Gasteiger partial charge in [-0.2, -0.15) is 0 Å². The van der Waals surface area contributed by atoms with E-state index in [-0.39, 0.29) is 11.3 Å². The Bertz CT molecular complexity index is 356. The van der Waals surface area contributed by atoms with Gasteiger partial charge in [0, 0.05) is 12.5 Å². The molecule has 0 fully saturated rings. The Labute approximate surface area is 87.8 Å². The van der Waals surface area contributed by atoms with Gasteiger partial charge in [-0.05, 0) is 19.1 Å². The van der Waals surface area contributed by atoms with E-state index in [9.17, 15) is 8.78 Å². The van der Waals surface area contributed by atoms with Crippen molar-refractivity contribution in [2.75, 3.05) is 14.2 Å². The second kappa shape index (κ2) is 4.04. The van der Waals surface area contributed by atoms with E-state index in [1.807, 2.05) is 0 Å². The van der Waals surface area contributed by atoms with Crippen molar-refractivity contribution in [3.8, 4) is 11.5 Å². The molecular weight excluding hydrogens is 202 g/mol. The van der Waals surface area contributed by atoms with Gasteiger partial charge in [-0.15, -0.1) is 0 Å². The maximum absolute atomic E-state index is 13.2. The predicted octanol–water partition coefficient (Wildman–Crippen LogP) is 3.12. The summed E-state index contributed by atoms with van der Waals surface area (Å²) in [5.74, 6) is -2.19. The van der Waals surface area contributed by atoms with Crippen molar-refractivity contribution in [2.45, 2.75) is 19.8 Å². The highest BCUT2D eigenvalue weighted by atomic mass is 19.3. The van der Waals surface area contributed by atoms with E-state index in [1.165, 1.54) is 26.4 Å². The van der Waals surface area contributed by atoms with Crippen LogP contribution < -0.4 is 9.47 Å². The van der Waals surface area contributed by atoms with Crippen molar-refractivity contribution in [1.82, 2.24) is 0 Å². The lowest BCUT2D eigenvalue weighted by atomic mass is 10.0. The van der Waals surface area contributed by atoms with E-state index in [0.717, 1.165) is 6.92 Å². The normalized spacial score (nSPS) is 11.3. The van der Waals surface area contributed by atoms with Crippen molar-refractivity contribution in [3.05, 3.63) is 23.3 Å². The quantitative estimate of drug-likeness (QED) is 0.772. The van der Waals surface area contributed by atoms with E-state index in [1.54, 1.807) is 6.92 Å². The maximum atomic E-state index is 13.2. The van der Waals surface area contributed by atoms with Crippen molar-refractivity contribution in [3.63, 3.8) is 0 Å². The molecule has 0 atom stereocenters. The summed E-state index contributed by atoms with van der Waals surface area (Å²) in [6.07, 6.45) is 0. The molecule has 0 N–H and O–H groups in total. The van der Waals surface area contributed by atoms with Gasteiger partial charge >= 0.3 is 0 Å². The smallest absolute Gasteiger partial charge is 0.274 e. The molecule has 0 heterocycles. The van der Waals surface area contributed by atoms with Gasteiger partial charge in [0.05, 0.1) is 19.8 Å². The van der Waals surface area contributed by atoms with Crippen LogP contribution in [-0.2, 0) is 5.92 Å². The van der Waals surface area contributed by atoms with Crippen LogP contribution in [0.4, 0.5) is 8.78 Å². The third kappa shape index (κ3) is 2.19. The van der Waals surface area contributed by atoms with Crippen molar-refractivity contribution in [1.29, 1.82) is 0 Å². The van der Waals surface area contributed by atoms with Crippen molar-refractivity contribution >= 4 is 0 Å². The number of alkyl halides is 2. The van der Waals surface area contributed by atoms with Gasteiger partial charge in [0.15, 0.2) is 0 Å². The Balaban J connectivity index is 3.38. The Kier molecular flexibility index (Phi) is 3.17. The van der Waals surface area contributed by atoms with E-state index in [0.29, 0.717) is 11.3 Å². The molecule has 2 nitrogen and oxygen atoms in total. The Morgan fingerprint density at radius 1 is 1.13 bits per heavy atom. The van der Waals surface area contributed by atoms with E-state index >= 15 is 0 Å². The molecule has 0 saturated carbocycles. The first-order chi connectivity index (χ1) is 6.91. The number of rotatable bonds is 3. The molecule has 15 heavy (non-hydrogen) atoms. The molecule has 1 aromatic rings. The van der Waals surface area contributed by atoms with E-state index in [2.05, 4.69) is 0 Å². The highest BCUT2D eigenvalue weighted by Gasteiger charge is 2.30. The summed E-state index contributed by atoms with van der Waals surface area (Å²) < 4.78 is 36.4. The number of methoxy groups -OCH3 is 2. The number of hydrogen-bond acceptors (Lipinski definition) is 2. The first-order valence-electron chi connectivity index (χ1n) is 4.51. The third-order valence-corrected chi connectivity index (χ3v) is 2.25. The highest BCUT2D eigenvalue weighted by Crippen LogP contribution is 2.39. The number of benzene rings is 1. The fourth-order valence-electron chi connectivity index (χ4n) is 1.50. The lowest BCUT2D eigenvalue weighted by Gasteiger charge is -2.18. The summed E-state index contributed by atoms with van der Waals surface area (Å²) in [6, 6.07) is 2.84. The molecule has 84 valence electrons.